The lowest BCUT2D eigenvalue weighted by Gasteiger charge is -2.21. The Morgan fingerprint density at radius 2 is 1.94 bits per heavy atom. The van der Waals surface area contributed by atoms with Crippen LogP contribution in [-0.2, 0) is 16.1 Å². The number of ether oxygens (including phenoxy) is 3. The van der Waals surface area contributed by atoms with Gasteiger partial charge in [-0.1, -0.05) is 26.0 Å². The van der Waals surface area contributed by atoms with Crippen molar-refractivity contribution in [3.05, 3.63) is 29.8 Å². The van der Waals surface area contributed by atoms with Gasteiger partial charge in [-0.25, -0.2) is 0 Å². The molecule has 94 valence electrons. The van der Waals surface area contributed by atoms with Gasteiger partial charge in [-0.15, -0.1) is 0 Å². The van der Waals surface area contributed by atoms with Crippen LogP contribution in [0.5, 0.6) is 5.75 Å². The fourth-order valence-electron chi connectivity index (χ4n) is 1.75. The Hall–Kier alpha value is -1.06. The molecule has 2 rings (SSSR count). The molecule has 1 saturated heterocycles. The van der Waals surface area contributed by atoms with Gasteiger partial charge >= 0.3 is 0 Å². The topological polar surface area (TPSA) is 31.0 Å². The van der Waals surface area contributed by atoms with Crippen LogP contribution in [0.25, 0.3) is 0 Å². The Balaban J connectivity index is 1.77. The summed E-state index contributed by atoms with van der Waals surface area (Å²) < 4.78 is 16.2. The monoisotopic (exact) mass is 236 g/mol. The van der Waals surface area contributed by atoms with Crippen LogP contribution in [0.1, 0.15) is 19.4 Å². The van der Waals surface area contributed by atoms with Gasteiger partial charge in [0.1, 0.15) is 5.75 Å². The van der Waals surface area contributed by atoms with Crippen LogP contribution in [-0.4, -0.2) is 26.4 Å². The highest BCUT2D eigenvalue weighted by Crippen LogP contribution is 2.32. The molecule has 1 aromatic rings. The molecule has 0 bridgehead atoms. The Morgan fingerprint density at radius 3 is 2.47 bits per heavy atom. The maximum absolute atomic E-state index is 5.74. The Morgan fingerprint density at radius 1 is 1.29 bits per heavy atom. The van der Waals surface area contributed by atoms with E-state index < -0.39 is 0 Å². The van der Waals surface area contributed by atoms with Gasteiger partial charge in [0.2, 0.25) is 0 Å². The second-order valence-electron chi connectivity index (χ2n) is 5.15. The van der Waals surface area contributed by atoms with E-state index in [2.05, 4.69) is 13.8 Å². The summed E-state index contributed by atoms with van der Waals surface area (Å²) in [6.07, 6.45) is 0.373. The van der Waals surface area contributed by atoms with Gasteiger partial charge in [0, 0.05) is 5.41 Å². The summed E-state index contributed by atoms with van der Waals surface area (Å²) >= 11 is 0. The van der Waals surface area contributed by atoms with Crippen molar-refractivity contribution >= 4 is 0 Å². The average molecular weight is 236 g/mol. The molecule has 1 aliphatic rings. The predicted octanol–water partition coefficient (Wildman–Crippen LogP) is 2.64. The van der Waals surface area contributed by atoms with Crippen LogP contribution in [0, 0.1) is 5.41 Å². The molecule has 0 N–H and O–H groups in total. The van der Waals surface area contributed by atoms with E-state index in [1.807, 2.05) is 24.3 Å². The van der Waals surface area contributed by atoms with Crippen molar-refractivity contribution in [1.29, 1.82) is 0 Å². The van der Waals surface area contributed by atoms with Gasteiger partial charge in [0.25, 0.3) is 0 Å². The average Bonchev–Trinajstić information content (AvgIpc) is 3.14. The van der Waals surface area contributed by atoms with Crippen LogP contribution in [0.4, 0.5) is 0 Å². The normalized spacial score (nSPS) is 19.1. The molecule has 0 spiro atoms. The maximum atomic E-state index is 5.74. The van der Waals surface area contributed by atoms with Crippen LogP contribution in [0.3, 0.4) is 0 Å². The van der Waals surface area contributed by atoms with Crippen molar-refractivity contribution in [3.63, 3.8) is 0 Å². The van der Waals surface area contributed by atoms with E-state index >= 15 is 0 Å². The summed E-state index contributed by atoms with van der Waals surface area (Å²) in [6, 6.07) is 7.96. The number of benzene rings is 1. The Labute approximate surface area is 103 Å². The quantitative estimate of drug-likeness (QED) is 0.711. The van der Waals surface area contributed by atoms with Crippen molar-refractivity contribution in [2.75, 3.05) is 20.3 Å². The summed E-state index contributed by atoms with van der Waals surface area (Å²) in [4.78, 5) is 0. The second kappa shape index (κ2) is 5.07. The number of methoxy groups -OCH3 is 1. The molecule has 0 amide bonds. The van der Waals surface area contributed by atoms with Gasteiger partial charge in [-0.2, -0.15) is 0 Å². The molecule has 0 unspecified atom stereocenters. The van der Waals surface area contributed by atoms with Crippen molar-refractivity contribution in [1.82, 2.24) is 0 Å². The van der Waals surface area contributed by atoms with E-state index in [-0.39, 0.29) is 5.41 Å². The minimum atomic E-state index is 0.118. The number of hydrogen-bond acceptors (Lipinski definition) is 3. The highest BCUT2D eigenvalue weighted by atomic mass is 16.6. The van der Waals surface area contributed by atoms with Gasteiger partial charge in [0.15, 0.2) is 0 Å². The van der Waals surface area contributed by atoms with Crippen LogP contribution < -0.4 is 4.74 Å². The van der Waals surface area contributed by atoms with Crippen LogP contribution in [0.2, 0.25) is 0 Å². The molecule has 1 aromatic carbocycles. The summed E-state index contributed by atoms with van der Waals surface area (Å²) in [6.45, 7) is 6.60. The Bertz CT molecular complexity index is 352. The molecule has 1 heterocycles. The molecule has 3 heteroatoms. The zero-order valence-electron chi connectivity index (χ0n) is 10.7. The second-order valence-corrected chi connectivity index (χ2v) is 5.15. The fourth-order valence-corrected chi connectivity index (χ4v) is 1.75. The van der Waals surface area contributed by atoms with E-state index in [4.69, 9.17) is 14.2 Å². The molecule has 0 aliphatic carbocycles. The molecule has 1 atom stereocenters. The first-order chi connectivity index (χ1) is 8.12. The molecule has 1 fully saturated rings. The smallest absolute Gasteiger partial charge is 0.118 e. The largest absolute Gasteiger partial charge is 0.497 e. The predicted molar refractivity (Wildman–Crippen MR) is 66.2 cm³/mol. The fraction of sp³-hybridized carbons (Fsp3) is 0.571. The number of epoxide rings is 1. The minimum absolute atomic E-state index is 0.118. The van der Waals surface area contributed by atoms with E-state index in [0.29, 0.717) is 12.7 Å². The van der Waals surface area contributed by atoms with E-state index in [1.54, 1.807) is 7.11 Å². The first kappa shape index (κ1) is 12.4. The van der Waals surface area contributed by atoms with Crippen LogP contribution >= 0.6 is 0 Å². The van der Waals surface area contributed by atoms with E-state index in [0.717, 1.165) is 19.0 Å². The molecule has 0 radical (unpaired) electrons. The van der Waals surface area contributed by atoms with Gasteiger partial charge in [-0.3, -0.25) is 0 Å². The molecule has 17 heavy (non-hydrogen) atoms. The third kappa shape index (κ3) is 3.45. The van der Waals surface area contributed by atoms with E-state index in [1.165, 1.54) is 5.56 Å². The highest BCUT2D eigenvalue weighted by Gasteiger charge is 2.39. The number of rotatable bonds is 6. The van der Waals surface area contributed by atoms with Crippen LogP contribution in [0.15, 0.2) is 24.3 Å². The molecule has 0 aromatic heterocycles. The first-order valence-corrected chi connectivity index (χ1v) is 5.94. The van der Waals surface area contributed by atoms with E-state index in [9.17, 15) is 0 Å². The number of hydrogen-bond donors (Lipinski definition) is 0. The molecular formula is C14H20O3. The standard InChI is InChI=1S/C14H20O3/c1-14(2,13-9-17-13)10-16-8-11-4-6-12(15-3)7-5-11/h4-7,13H,8-10H2,1-3H3/t13-/m1/s1. The lowest BCUT2D eigenvalue weighted by Crippen LogP contribution is -2.25. The lowest BCUT2D eigenvalue weighted by molar-refractivity contribution is 0.0366. The summed E-state index contributed by atoms with van der Waals surface area (Å²) in [5.74, 6) is 0.875. The van der Waals surface area contributed by atoms with Gasteiger partial charge in [0.05, 0.1) is 33.0 Å². The van der Waals surface area contributed by atoms with Crippen molar-refractivity contribution in [3.8, 4) is 5.75 Å². The molecule has 0 saturated carbocycles. The third-order valence-corrected chi connectivity index (χ3v) is 3.11. The van der Waals surface area contributed by atoms with Crippen molar-refractivity contribution < 1.29 is 14.2 Å². The third-order valence-electron chi connectivity index (χ3n) is 3.11. The molecule has 3 nitrogen and oxygen atoms in total. The van der Waals surface area contributed by atoms with Crippen molar-refractivity contribution in [2.24, 2.45) is 5.41 Å². The summed E-state index contributed by atoms with van der Waals surface area (Å²) in [5.41, 5.74) is 1.28. The zero-order valence-corrected chi connectivity index (χ0v) is 10.7. The SMILES string of the molecule is COc1ccc(COCC(C)(C)[C@H]2CO2)cc1. The molecular weight excluding hydrogens is 216 g/mol. The maximum Gasteiger partial charge on any atom is 0.118 e. The summed E-state index contributed by atoms with van der Waals surface area (Å²) in [5, 5.41) is 0. The Kier molecular flexibility index (Phi) is 3.69. The highest BCUT2D eigenvalue weighted by molar-refractivity contribution is 5.26. The minimum Gasteiger partial charge on any atom is -0.497 e. The van der Waals surface area contributed by atoms with Crippen molar-refractivity contribution in [2.45, 2.75) is 26.6 Å². The van der Waals surface area contributed by atoms with Gasteiger partial charge < -0.3 is 14.2 Å². The molecule has 1 aliphatic heterocycles. The van der Waals surface area contributed by atoms with Gasteiger partial charge in [-0.05, 0) is 17.7 Å². The zero-order chi connectivity index (χ0) is 12.3. The summed E-state index contributed by atoms with van der Waals surface area (Å²) in [7, 11) is 1.67. The first-order valence-electron chi connectivity index (χ1n) is 5.94. The lowest BCUT2D eigenvalue weighted by atomic mass is 9.91.